The van der Waals surface area contributed by atoms with E-state index in [9.17, 15) is 9.59 Å². The number of aliphatic carboxylic acids is 1. The van der Waals surface area contributed by atoms with E-state index in [1.54, 1.807) is 13.0 Å². The number of nitrogens with one attached hydrogen (secondary N) is 2. The normalized spacial score (nSPS) is 22.6. The van der Waals surface area contributed by atoms with E-state index in [1.165, 1.54) is 0 Å². The Balaban J connectivity index is 1.93. The van der Waals surface area contributed by atoms with Gasteiger partial charge in [-0.05, 0) is 18.6 Å². The maximum Gasteiger partial charge on any atom is 0.315 e. The van der Waals surface area contributed by atoms with Crippen molar-refractivity contribution in [3.8, 4) is 0 Å². The first-order chi connectivity index (χ1) is 9.99. The lowest BCUT2D eigenvalue weighted by Crippen LogP contribution is -2.47. The average Bonchev–Trinajstić information content (AvgIpc) is 2.87. The third-order valence-corrected chi connectivity index (χ3v) is 3.78. The van der Waals surface area contributed by atoms with Gasteiger partial charge in [0.05, 0.1) is 25.3 Å². The van der Waals surface area contributed by atoms with Gasteiger partial charge in [0.15, 0.2) is 0 Å². The van der Waals surface area contributed by atoms with E-state index >= 15 is 0 Å². The minimum atomic E-state index is -0.975. The highest BCUT2D eigenvalue weighted by atomic mass is 35.5. The first-order valence-corrected chi connectivity index (χ1v) is 6.99. The summed E-state index contributed by atoms with van der Waals surface area (Å²) in [7, 11) is 0. The summed E-state index contributed by atoms with van der Waals surface area (Å²) in [5.74, 6) is -1.69. The van der Waals surface area contributed by atoms with Crippen LogP contribution in [0.2, 0.25) is 5.02 Å². The van der Waals surface area contributed by atoms with Gasteiger partial charge in [-0.15, -0.1) is 0 Å². The van der Waals surface area contributed by atoms with Crippen molar-refractivity contribution >= 4 is 23.6 Å². The molecule has 114 valence electrons. The zero-order valence-electron chi connectivity index (χ0n) is 11.5. The van der Waals surface area contributed by atoms with Crippen LogP contribution in [0.5, 0.6) is 0 Å². The number of benzene rings is 1. The van der Waals surface area contributed by atoms with Crippen LogP contribution in [0.15, 0.2) is 24.3 Å². The summed E-state index contributed by atoms with van der Waals surface area (Å²) in [4.78, 5) is 23.0. The van der Waals surface area contributed by atoms with E-state index in [1.807, 2.05) is 18.2 Å². The Labute approximate surface area is 127 Å². The molecule has 3 atom stereocenters. The first-order valence-electron chi connectivity index (χ1n) is 6.61. The summed E-state index contributed by atoms with van der Waals surface area (Å²) >= 11 is 6.07. The van der Waals surface area contributed by atoms with Crippen molar-refractivity contribution in [2.45, 2.75) is 19.0 Å². The lowest BCUT2D eigenvalue weighted by atomic mass is 10.0. The molecule has 1 heterocycles. The van der Waals surface area contributed by atoms with Crippen molar-refractivity contribution in [2.24, 2.45) is 5.92 Å². The molecule has 21 heavy (non-hydrogen) atoms. The van der Waals surface area contributed by atoms with Crippen molar-refractivity contribution in [1.82, 2.24) is 10.6 Å². The molecule has 1 fully saturated rings. The van der Waals surface area contributed by atoms with Crippen LogP contribution in [0.1, 0.15) is 18.5 Å². The molecule has 3 unspecified atom stereocenters. The quantitative estimate of drug-likeness (QED) is 0.791. The van der Waals surface area contributed by atoms with Gasteiger partial charge in [0, 0.05) is 5.02 Å². The van der Waals surface area contributed by atoms with Crippen LogP contribution in [0, 0.1) is 5.92 Å². The molecule has 0 aromatic heterocycles. The van der Waals surface area contributed by atoms with E-state index in [4.69, 9.17) is 21.4 Å². The summed E-state index contributed by atoms with van der Waals surface area (Å²) in [6.45, 7) is 2.12. The molecule has 0 spiro atoms. The van der Waals surface area contributed by atoms with Gasteiger partial charge in [0.1, 0.15) is 5.92 Å². The maximum absolute atomic E-state index is 11.9. The lowest BCUT2D eigenvalue weighted by Gasteiger charge is -2.20. The minimum Gasteiger partial charge on any atom is -0.481 e. The van der Waals surface area contributed by atoms with Crippen LogP contribution in [0.25, 0.3) is 0 Å². The Morgan fingerprint density at radius 2 is 2.10 bits per heavy atom. The molecule has 2 rings (SSSR count). The number of carbonyl (C=O) groups is 2. The first kappa shape index (κ1) is 15.6. The molecule has 0 aliphatic carbocycles. The molecule has 2 amide bonds. The number of rotatable bonds is 4. The van der Waals surface area contributed by atoms with Crippen LogP contribution in [0.3, 0.4) is 0 Å². The molecule has 3 N–H and O–H groups in total. The molecule has 0 bridgehead atoms. The highest BCUT2D eigenvalue weighted by Crippen LogP contribution is 2.22. The Morgan fingerprint density at radius 3 is 2.76 bits per heavy atom. The molecule has 1 aromatic carbocycles. The number of carbonyl (C=O) groups excluding carboxylic acids is 1. The van der Waals surface area contributed by atoms with Crippen LogP contribution < -0.4 is 10.6 Å². The van der Waals surface area contributed by atoms with Gasteiger partial charge in [0.2, 0.25) is 0 Å². The summed E-state index contributed by atoms with van der Waals surface area (Å²) in [6, 6.07) is 5.97. The molecule has 1 aromatic rings. The van der Waals surface area contributed by atoms with E-state index in [0.717, 1.165) is 5.56 Å². The average molecular weight is 313 g/mol. The number of urea groups is 1. The number of carboxylic acid groups (broad SMARTS) is 1. The molecule has 1 aliphatic heterocycles. The fourth-order valence-electron chi connectivity index (χ4n) is 2.25. The highest BCUT2D eigenvalue weighted by Gasteiger charge is 2.35. The Bertz CT molecular complexity index is 537. The number of carboxylic acids is 1. The van der Waals surface area contributed by atoms with Gasteiger partial charge in [-0.25, -0.2) is 4.79 Å². The highest BCUT2D eigenvalue weighted by molar-refractivity contribution is 6.31. The maximum atomic E-state index is 11.9. The second-order valence-electron chi connectivity index (χ2n) is 4.95. The molecule has 6 nitrogen and oxygen atoms in total. The second-order valence-corrected chi connectivity index (χ2v) is 5.36. The van der Waals surface area contributed by atoms with Crippen molar-refractivity contribution in [2.75, 3.05) is 13.2 Å². The number of hydrogen-bond acceptors (Lipinski definition) is 3. The number of hydrogen-bond donors (Lipinski definition) is 3. The summed E-state index contributed by atoms with van der Waals surface area (Å²) in [5, 5.41) is 15.0. The monoisotopic (exact) mass is 312 g/mol. The van der Waals surface area contributed by atoms with Crippen LogP contribution >= 0.6 is 11.6 Å². The summed E-state index contributed by atoms with van der Waals surface area (Å²) < 4.78 is 5.10. The fraction of sp³-hybridized carbons (Fsp3) is 0.429. The summed E-state index contributed by atoms with van der Waals surface area (Å²) in [5.41, 5.74) is 0.798. The molecular formula is C14H17ClN2O4. The van der Waals surface area contributed by atoms with E-state index in [-0.39, 0.29) is 19.3 Å². The lowest BCUT2D eigenvalue weighted by molar-refractivity contribution is -0.142. The van der Waals surface area contributed by atoms with Gasteiger partial charge in [-0.2, -0.15) is 0 Å². The topological polar surface area (TPSA) is 87.7 Å². The largest absolute Gasteiger partial charge is 0.481 e. The number of ether oxygens (including phenoxy) is 1. The zero-order valence-corrected chi connectivity index (χ0v) is 12.3. The van der Waals surface area contributed by atoms with E-state index in [2.05, 4.69) is 10.6 Å². The predicted molar refractivity (Wildman–Crippen MR) is 77.3 cm³/mol. The summed E-state index contributed by atoms with van der Waals surface area (Å²) in [6.07, 6.45) is 0. The van der Waals surface area contributed by atoms with Crippen molar-refractivity contribution in [1.29, 1.82) is 0 Å². The third kappa shape index (κ3) is 3.86. The molecule has 0 saturated carbocycles. The Hall–Kier alpha value is -1.79. The predicted octanol–water partition coefficient (Wildman–Crippen LogP) is 1.80. The van der Waals surface area contributed by atoms with E-state index in [0.29, 0.717) is 5.02 Å². The van der Waals surface area contributed by atoms with Crippen LogP contribution in [-0.4, -0.2) is 36.4 Å². The fourth-order valence-corrected chi connectivity index (χ4v) is 2.55. The van der Waals surface area contributed by atoms with Gasteiger partial charge in [-0.1, -0.05) is 29.8 Å². The Morgan fingerprint density at radius 1 is 1.38 bits per heavy atom. The van der Waals surface area contributed by atoms with Crippen molar-refractivity contribution < 1.29 is 19.4 Å². The number of amides is 2. The zero-order chi connectivity index (χ0) is 15.4. The van der Waals surface area contributed by atoms with Gasteiger partial charge in [-0.3, -0.25) is 4.79 Å². The second kappa shape index (κ2) is 6.78. The van der Waals surface area contributed by atoms with Gasteiger partial charge >= 0.3 is 12.0 Å². The van der Waals surface area contributed by atoms with Crippen LogP contribution in [-0.2, 0) is 9.53 Å². The molecular weight excluding hydrogens is 296 g/mol. The van der Waals surface area contributed by atoms with Crippen molar-refractivity contribution in [3.05, 3.63) is 34.9 Å². The van der Waals surface area contributed by atoms with E-state index < -0.39 is 24.0 Å². The standard InChI is InChI=1S/C14H17ClN2O4/c1-8(9-4-2-3-5-11(9)15)16-14(20)17-12-7-21-6-10(12)13(18)19/h2-5,8,10,12H,6-7H2,1H3,(H,18,19)(H2,16,17,20). The smallest absolute Gasteiger partial charge is 0.315 e. The molecule has 7 heteroatoms. The molecule has 1 aliphatic rings. The third-order valence-electron chi connectivity index (χ3n) is 3.43. The molecule has 1 saturated heterocycles. The van der Waals surface area contributed by atoms with Crippen LogP contribution in [0.4, 0.5) is 4.79 Å². The SMILES string of the molecule is CC(NC(=O)NC1COCC1C(=O)O)c1ccccc1Cl. The Kier molecular flexibility index (Phi) is 5.03. The minimum absolute atomic E-state index is 0.111. The number of halogens is 1. The van der Waals surface area contributed by atoms with Gasteiger partial charge < -0.3 is 20.5 Å². The van der Waals surface area contributed by atoms with Gasteiger partial charge in [0.25, 0.3) is 0 Å². The molecule has 0 radical (unpaired) electrons. The van der Waals surface area contributed by atoms with Crippen molar-refractivity contribution in [3.63, 3.8) is 0 Å².